The molecule has 2 aromatic carbocycles. The van der Waals surface area contributed by atoms with Crippen molar-refractivity contribution in [3.8, 4) is 22.8 Å². The molecule has 104 valence electrons. The molecule has 0 aliphatic heterocycles. The maximum atomic E-state index is 4.73. The number of benzene rings is 2. The Morgan fingerprint density at radius 1 is 0.905 bits per heavy atom. The molecule has 3 heteroatoms. The smallest absolute Gasteiger partial charge is 0.182 e. The zero-order valence-corrected chi connectivity index (χ0v) is 12.2. The van der Waals surface area contributed by atoms with Crippen molar-refractivity contribution in [3.05, 3.63) is 66.7 Å². The van der Waals surface area contributed by atoms with Gasteiger partial charge in [-0.15, -0.1) is 5.10 Å². The van der Waals surface area contributed by atoms with Crippen LogP contribution in [0, 0.1) is 0 Å². The van der Waals surface area contributed by atoms with Crippen molar-refractivity contribution >= 4 is 5.70 Å². The van der Waals surface area contributed by atoms with Crippen molar-refractivity contribution in [3.63, 3.8) is 0 Å². The topological polar surface area (TPSA) is 30.7 Å². The lowest BCUT2D eigenvalue weighted by Crippen LogP contribution is -1.99. The van der Waals surface area contributed by atoms with Gasteiger partial charge >= 0.3 is 0 Å². The first kappa shape index (κ1) is 13.3. The van der Waals surface area contributed by atoms with Crippen LogP contribution in [0.25, 0.3) is 28.5 Å². The van der Waals surface area contributed by atoms with Gasteiger partial charge in [-0.05, 0) is 13.8 Å². The molecule has 0 bridgehead atoms. The SMILES string of the molecule is C/C=C(/C)n1nc(-c2ccccc2)nc1-c1ccccc1. The molecule has 0 atom stereocenters. The van der Waals surface area contributed by atoms with Gasteiger partial charge in [-0.1, -0.05) is 66.7 Å². The summed E-state index contributed by atoms with van der Waals surface area (Å²) in [6.45, 7) is 4.05. The largest absolute Gasteiger partial charge is 0.217 e. The molecule has 0 unspecified atom stereocenters. The highest BCUT2D eigenvalue weighted by Crippen LogP contribution is 2.24. The molecule has 0 amide bonds. The van der Waals surface area contributed by atoms with Crippen LogP contribution in [0.1, 0.15) is 13.8 Å². The van der Waals surface area contributed by atoms with Crippen LogP contribution in [0.4, 0.5) is 0 Å². The van der Waals surface area contributed by atoms with E-state index < -0.39 is 0 Å². The van der Waals surface area contributed by atoms with E-state index >= 15 is 0 Å². The highest BCUT2D eigenvalue weighted by atomic mass is 15.4. The average Bonchev–Trinajstić information content (AvgIpc) is 3.01. The minimum absolute atomic E-state index is 0.746. The van der Waals surface area contributed by atoms with Crippen molar-refractivity contribution in [1.82, 2.24) is 14.8 Å². The van der Waals surface area contributed by atoms with E-state index in [4.69, 9.17) is 4.98 Å². The number of rotatable bonds is 3. The standard InChI is InChI=1S/C18H17N3/c1-3-14(2)21-18(16-12-8-5-9-13-16)19-17(20-21)15-10-6-4-7-11-15/h3-13H,1-2H3/b14-3-. The summed E-state index contributed by atoms with van der Waals surface area (Å²) in [5.41, 5.74) is 3.15. The Morgan fingerprint density at radius 2 is 1.48 bits per heavy atom. The summed E-state index contributed by atoms with van der Waals surface area (Å²) in [5.74, 6) is 1.61. The monoisotopic (exact) mass is 275 g/mol. The molecule has 1 aromatic heterocycles. The van der Waals surface area contributed by atoms with E-state index in [-0.39, 0.29) is 0 Å². The van der Waals surface area contributed by atoms with Gasteiger partial charge in [-0.2, -0.15) is 0 Å². The molecule has 0 N–H and O–H groups in total. The third-order valence-corrected chi connectivity index (χ3v) is 3.42. The minimum atomic E-state index is 0.746. The van der Waals surface area contributed by atoms with Gasteiger partial charge in [0.2, 0.25) is 0 Å². The molecule has 0 aliphatic carbocycles. The van der Waals surface area contributed by atoms with Crippen molar-refractivity contribution in [2.75, 3.05) is 0 Å². The zero-order chi connectivity index (χ0) is 14.7. The summed E-state index contributed by atoms with van der Waals surface area (Å²) in [5, 5.41) is 4.66. The molecule has 3 nitrogen and oxygen atoms in total. The predicted molar refractivity (Wildman–Crippen MR) is 86.5 cm³/mol. The Balaban J connectivity index is 2.17. The molecular weight excluding hydrogens is 258 g/mol. The Morgan fingerprint density at radius 3 is 2.05 bits per heavy atom. The Hall–Kier alpha value is -2.68. The van der Waals surface area contributed by atoms with Crippen LogP contribution >= 0.6 is 0 Å². The van der Waals surface area contributed by atoms with Crippen molar-refractivity contribution < 1.29 is 0 Å². The van der Waals surface area contributed by atoms with Gasteiger partial charge in [0, 0.05) is 16.8 Å². The van der Waals surface area contributed by atoms with Gasteiger partial charge in [-0.25, -0.2) is 9.67 Å². The van der Waals surface area contributed by atoms with Gasteiger partial charge < -0.3 is 0 Å². The fourth-order valence-corrected chi connectivity index (χ4v) is 2.16. The maximum Gasteiger partial charge on any atom is 0.182 e. The summed E-state index contributed by atoms with van der Waals surface area (Å²) < 4.78 is 1.90. The minimum Gasteiger partial charge on any atom is -0.217 e. The van der Waals surface area contributed by atoms with Crippen molar-refractivity contribution in [1.29, 1.82) is 0 Å². The van der Waals surface area contributed by atoms with E-state index in [0.29, 0.717) is 0 Å². The van der Waals surface area contributed by atoms with E-state index in [0.717, 1.165) is 28.5 Å². The lowest BCUT2D eigenvalue weighted by Gasteiger charge is -2.04. The highest BCUT2D eigenvalue weighted by Gasteiger charge is 2.13. The first-order valence-electron chi connectivity index (χ1n) is 7.01. The van der Waals surface area contributed by atoms with Gasteiger partial charge in [0.15, 0.2) is 11.6 Å². The Labute approximate surface area is 124 Å². The second kappa shape index (κ2) is 5.75. The second-order valence-corrected chi connectivity index (χ2v) is 4.83. The summed E-state index contributed by atoms with van der Waals surface area (Å²) >= 11 is 0. The second-order valence-electron chi connectivity index (χ2n) is 4.83. The number of hydrogen-bond acceptors (Lipinski definition) is 2. The molecule has 0 radical (unpaired) electrons. The van der Waals surface area contributed by atoms with E-state index in [1.165, 1.54) is 0 Å². The molecule has 0 saturated carbocycles. The first-order valence-corrected chi connectivity index (χ1v) is 7.01. The van der Waals surface area contributed by atoms with Crippen LogP contribution in [-0.2, 0) is 0 Å². The molecule has 0 saturated heterocycles. The fourth-order valence-electron chi connectivity index (χ4n) is 2.16. The van der Waals surface area contributed by atoms with E-state index in [1.54, 1.807) is 0 Å². The lowest BCUT2D eigenvalue weighted by molar-refractivity contribution is 0.904. The number of allylic oxidation sites excluding steroid dienone is 2. The normalized spacial score (nSPS) is 11.6. The molecule has 0 fully saturated rings. The molecular formula is C18H17N3. The summed E-state index contributed by atoms with van der Waals surface area (Å²) in [7, 11) is 0. The third kappa shape index (κ3) is 2.63. The number of aromatic nitrogens is 3. The van der Waals surface area contributed by atoms with Crippen molar-refractivity contribution in [2.45, 2.75) is 13.8 Å². The Kier molecular flexibility index (Phi) is 3.65. The molecule has 3 rings (SSSR count). The summed E-state index contributed by atoms with van der Waals surface area (Å²) in [6.07, 6.45) is 2.04. The van der Waals surface area contributed by atoms with Crippen LogP contribution in [0.3, 0.4) is 0 Å². The first-order chi connectivity index (χ1) is 10.3. The fraction of sp³-hybridized carbons (Fsp3) is 0.111. The van der Waals surface area contributed by atoms with E-state index in [2.05, 4.69) is 17.2 Å². The molecule has 21 heavy (non-hydrogen) atoms. The predicted octanol–water partition coefficient (Wildman–Crippen LogP) is 4.49. The Bertz CT molecular complexity index is 756. The van der Waals surface area contributed by atoms with Crippen LogP contribution in [0.2, 0.25) is 0 Å². The van der Waals surface area contributed by atoms with Gasteiger partial charge in [0.1, 0.15) is 0 Å². The molecule has 3 aromatic rings. The lowest BCUT2D eigenvalue weighted by atomic mass is 10.2. The molecule has 1 heterocycles. The number of nitrogens with zero attached hydrogens (tertiary/aromatic N) is 3. The third-order valence-electron chi connectivity index (χ3n) is 3.42. The number of hydrogen-bond donors (Lipinski definition) is 0. The van der Waals surface area contributed by atoms with E-state index in [9.17, 15) is 0 Å². The summed E-state index contributed by atoms with van der Waals surface area (Å²) in [4.78, 5) is 4.73. The summed E-state index contributed by atoms with van der Waals surface area (Å²) in [6, 6.07) is 20.2. The molecule has 0 spiro atoms. The van der Waals surface area contributed by atoms with Gasteiger partial charge in [-0.3, -0.25) is 0 Å². The van der Waals surface area contributed by atoms with Gasteiger partial charge in [0.25, 0.3) is 0 Å². The van der Waals surface area contributed by atoms with Crippen LogP contribution in [0.5, 0.6) is 0 Å². The average molecular weight is 275 g/mol. The van der Waals surface area contributed by atoms with Crippen LogP contribution in [-0.4, -0.2) is 14.8 Å². The van der Waals surface area contributed by atoms with Gasteiger partial charge in [0.05, 0.1) is 0 Å². The molecule has 0 aliphatic rings. The maximum absolute atomic E-state index is 4.73. The van der Waals surface area contributed by atoms with E-state index in [1.807, 2.05) is 73.1 Å². The van der Waals surface area contributed by atoms with Crippen LogP contribution in [0.15, 0.2) is 66.7 Å². The quantitative estimate of drug-likeness (QED) is 0.705. The zero-order valence-electron chi connectivity index (χ0n) is 12.2. The van der Waals surface area contributed by atoms with Crippen molar-refractivity contribution in [2.24, 2.45) is 0 Å². The highest BCUT2D eigenvalue weighted by molar-refractivity contribution is 5.65. The van der Waals surface area contributed by atoms with Crippen LogP contribution < -0.4 is 0 Å².